The summed E-state index contributed by atoms with van der Waals surface area (Å²) in [6.07, 6.45) is 1.08. The van der Waals surface area contributed by atoms with Crippen LogP contribution in [0.2, 0.25) is 0 Å². The number of fused-ring (bicyclic) bond motifs is 1. The Morgan fingerprint density at radius 3 is 3.00 bits per heavy atom. The lowest BCUT2D eigenvalue weighted by Crippen LogP contribution is -2.45. The number of hydrogen-bond donors (Lipinski definition) is 1. The van der Waals surface area contributed by atoms with Gasteiger partial charge in [-0.25, -0.2) is 0 Å². The van der Waals surface area contributed by atoms with E-state index in [9.17, 15) is 9.59 Å². The summed E-state index contributed by atoms with van der Waals surface area (Å²) in [4.78, 5) is 25.6. The Hall–Kier alpha value is -2.04. The van der Waals surface area contributed by atoms with Crippen molar-refractivity contribution in [2.45, 2.75) is 19.4 Å². The van der Waals surface area contributed by atoms with Gasteiger partial charge in [-0.05, 0) is 12.5 Å². The smallest absolute Gasteiger partial charge is 0.227 e. The zero-order valence-corrected chi connectivity index (χ0v) is 11.3. The van der Waals surface area contributed by atoms with Gasteiger partial charge in [0.05, 0.1) is 12.5 Å². The van der Waals surface area contributed by atoms with E-state index in [1.165, 1.54) is 0 Å². The molecule has 0 bridgehead atoms. The molecule has 5 nitrogen and oxygen atoms in total. The van der Waals surface area contributed by atoms with Gasteiger partial charge in [-0.1, -0.05) is 18.2 Å². The van der Waals surface area contributed by atoms with Crippen LogP contribution in [0.5, 0.6) is 5.75 Å². The molecule has 1 fully saturated rings. The first-order valence-corrected chi connectivity index (χ1v) is 7.00. The van der Waals surface area contributed by atoms with Crippen LogP contribution in [0.3, 0.4) is 0 Å². The van der Waals surface area contributed by atoms with Crippen LogP contribution in [0, 0.1) is 5.92 Å². The second-order valence-corrected chi connectivity index (χ2v) is 5.26. The fourth-order valence-corrected chi connectivity index (χ4v) is 2.72. The van der Waals surface area contributed by atoms with Gasteiger partial charge in [-0.3, -0.25) is 9.59 Å². The highest BCUT2D eigenvalue weighted by Gasteiger charge is 2.29. The number of piperidine rings is 1. The number of hydrogen-bond acceptors (Lipinski definition) is 3. The summed E-state index contributed by atoms with van der Waals surface area (Å²) in [7, 11) is 0. The van der Waals surface area contributed by atoms with Gasteiger partial charge >= 0.3 is 0 Å². The van der Waals surface area contributed by atoms with E-state index in [1.54, 1.807) is 0 Å². The molecule has 20 heavy (non-hydrogen) atoms. The molecule has 1 saturated heterocycles. The van der Waals surface area contributed by atoms with Crippen molar-refractivity contribution in [2.75, 3.05) is 19.7 Å². The Labute approximate surface area is 117 Å². The fourth-order valence-electron chi connectivity index (χ4n) is 2.72. The Balaban J connectivity index is 1.71. The number of para-hydroxylation sites is 1. The molecule has 1 atom stereocenters. The standard InChI is InChI=1S/C15H18N2O3/c18-14-6-5-11(9-16-14)15(19)17-7-8-20-13-4-2-1-3-12(13)10-17/h1-4,11H,5-10H2,(H,16,18). The summed E-state index contributed by atoms with van der Waals surface area (Å²) >= 11 is 0. The molecule has 1 N–H and O–H groups in total. The highest BCUT2D eigenvalue weighted by atomic mass is 16.5. The van der Waals surface area contributed by atoms with Crippen molar-refractivity contribution in [3.8, 4) is 5.75 Å². The third kappa shape index (κ3) is 2.61. The van der Waals surface area contributed by atoms with E-state index in [0.717, 1.165) is 11.3 Å². The third-order valence-corrected chi connectivity index (χ3v) is 3.88. The first-order valence-electron chi connectivity index (χ1n) is 7.00. The maximum absolute atomic E-state index is 12.5. The Morgan fingerprint density at radius 1 is 1.35 bits per heavy atom. The normalized spacial score (nSPS) is 22.3. The average Bonchev–Trinajstić information content (AvgIpc) is 2.69. The SMILES string of the molecule is O=C1CCC(C(=O)N2CCOc3ccccc3C2)CN1. The zero-order chi connectivity index (χ0) is 13.9. The maximum Gasteiger partial charge on any atom is 0.227 e. The summed E-state index contributed by atoms with van der Waals surface area (Å²) < 4.78 is 5.67. The van der Waals surface area contributed by atoms with E-state index in [-0.39, 0.29) is 17.7 Å². The maximum atomic E-state index is 12.5. The number of nitrogens with one attached hydrogen (secondary N) is 1. The third-order valence-electron chi connectivity index (χ3n) is 3.88. The van der Waals surface area contributed by atoms with E-state index in [2.05, 4.69) is 5.32 Å². The fraction of sp³-hybridized carbons (Fsp3) is 0.467. The summed E-state index contributed by atoms with van der Waals surface area (Å²) in [5, 5.41) is 2.77. The minimum Gasteiger partial charge on any atom is -0.491 e. The molecule has 3 rings (SSSR count). The molecule has 2 heterocycles. The highest BCUT2D eigenvalue weighted by Crippen LogP contribution is 2.24. The first kappa shape index (κ1) is 13.0. The minimum absolute atomic E-state index is 0.0404. The van der Waals surface area contributed by atoms with Crippen molar-refractivity contribution in [3.05, 3.63) is 29.8 Å². The number of benzene rings is 1. The van der Waals surface area contributed by atoms with E-state index in [0.29, 0.717) is 39.1 Å². The first-order chi connectivity index (χ1) is 9.74. The number of carbonyl (C=O) groups excluding carboxylic acids is 2. The number of carbonyl (C=O) groups is 2. The summed E-state index contributed by atoms with van der Waals surface area (Å²) in [5.41, 5.74) is 1.04. The number of ether oxygens (including phenoxy) is 1. The van der Waals surface area contributed by atoms with Gasteiger partial charge in [-0.2, -0.15) is 0 Å². The van der Waals surface area contributed by atoms with Crippen LogP contribution in [0.1, 0.15) is 18.4 Å². The van der Waals surface area contributed by atoms with Gasteiger partial charge in [0.2, 0.25) is 11.8 Å². The zero-order valence-electron chi connectivity index (χ0n) is 11.3. The molecule has 5 heteroatoms. The van der Waals surface area contributed by atoms with E-state index in [1.807, 2.05) is 29.2 Å². The predicted molar refractivity (Wildman–Crippen MR) is 73.1 cm³/mol. The molecule has 2 amide bonds. The van der Waals surface area contributed by atoms with Gasteiger partial charge < -0.3 is 15.0 Å². The van der Waals surface area contributed by atoms with Gasteiger partial charge in [0, 0.05) is 25.1 Å². The minimum atomic E-state index is -0.0991. The Morgan fingerprint density at radius 2 is 2.20 bits per heavy atom. The topological polar surface area (TPSA) is 58.6 Å². The lowest BCUT2D eigenvalue weighted by Gasteiger charge is -2.28. The largest absolute Gasteiger partial charge is 0.491 e. The lowest BCUT2D eigenvalue weighted by molar-refractivity contribution is -0.138. The summed E-state index contributed by atoms with van der Waals surface area (Å²) in [5.74, 6) is 0.918. The van der Waals surface area contributed by atoms with Gasteiger partial charge in [0.1, 0.15) is 12.4 Å². The molecule has 0 aromatic heterocycles. The Kier molecular flexibility index (Phi) is 3.58. The van der Waals surface area contributed by atoms with Crippen LogP contribution < -0.4 is 10.1 Å². The lowest BCUT2D eigenvalue weighted by atomic mass is 9.97. The highest BCUT2D eigenvalue weighted by molar-refractivity contribution is 5.83. The number of rotatable bonds is 1. The number of nitrogens with zero attached hydrogens (tertiary/aromatic N) is 1. The van der Waals surface area contributed by atoms with Crippen LogP contribution in [-0.2, 0) is 16.1 Å². The molecular formula is C15H18N2O3. The van der Waals surface area contributed by atoms with Crippen LogP contribution in [-0.4, -0.2) is 36.4 Å². The van der Waals surface area contributed by atoms with Crippen LogP contribution >= 0.6 is 0 Å². The van der Waals surface area contributed by atoms with Crippen molar-refractivity contribution in [2.24, 2.45) is 5.92 Å². The van der Waals surface area contributed by atoms with Crippen molar-refractivity contribution in [3.63, 3.8) is 0 Å². The second kappa shape index (κ2) is 5.53. The van der Waals surface area contributed by atoms with Crippen molar-refractivity contribution in [1.82, 2.24) is 10.2 Å². The monoisotopic (exact) mass is 274 g/mol. The molecule has 1 unspecified atom stereocenters. The molecule has 2 aliphatic heterocycles. The van der Waals surface area contributed by atoms with E-state index in [4.69, 9.17) is 4.74 Å². The van der Waals surface area contributed by atoms with Crippen molar-refractivity contribution >= 4 is 11.8 Å². The predicted octanol–water partition coefficient (Wildman–Crippen LogP) is 0.934. The van der Waals surface area contributed by atoms with Gasteiger partial charge in [0.25, 0.3) is 0 Å². The number of amides is 2. The average molecular weight is 274 g/mol. The van der Waals surface area contributed by atoms with Crippen LogP contribution in [0.4, 0.5) is 0 Å². The molecule has 0 saturated carbocycles. The van der Waals surface area contributed by atoms with Gasteiger partial charge in [0.15, 0.2) is 0 Å². The summed E-state index contributed by atoms with van der Waals surface area (Å²) in [6, 6.07) is 7.82. The van der Waals surface area contributed by atoms with Gasteiger partial charge in [-0.15, -0.1) is 0 Å². The molecule has 106 valence electrons. The van der Waals surface area contributed by atoms with Crippen molar-refractivity contribution in [1.29, 1.82) is 0 Å². The van der Waals surface area contributed by atoms with E-state index < -0.39 is 0 Å². The molecule has 1 aromatic carbocycles. The Bertz CT molecular complexity index is 520. The molecular weight excluding hydrogens is 256 g/mol. The molecule has 0 radical (unpaired) electrons. The molecule has 1 aromatic rings. The van der Waals surface area contributed by atoms with Crippen molar-refractivity contribution < 1.29 is 14.3 Å². The quantitative estimate of drug-likeness (QED) is 0.829. The second-order valence-electron chi connectivity index (χ2n) is 5.26. The van der Waals surface area contributed by atoms with E-state index >= 15 is 0 Å². The molecule has 0 aliphatic carbocycles. The van der Waals surface area contributed by atoms with Crippen LogP contribution in [0.25, 0.3) is 0 Å². The molecule has 0 spiro atoms. The van der Waals surface area contributed by atoms with Crippen LogP contribution in [0.15, 0.2) is 24.3 Å². The molecule has 2 aliphatic rings. The summed E-state index contributed by atoms with van der Waals surface area (Å²) in [6.45, 7) is 2.15.